The molecule has 1 heterocycles. The van der Waals surface area contributed by atoms with Crippen LogP contribution in [0.25, 0.3) is 0 Å². The summed E-state index contributed by atoms with van der Waals surface area (Å²) in [6, 6.07) is 18.9. The van der Waals surface area contributed by atoms with E-state index in [1.54, 1.807) is 6.92 Å². The number of aliphatic hydroxyl groups excluding tert-OH is 2. The zero-order chi connectivity index (χ0) is 19.3. The first-order valence-electron chi connectivity index (χ1n) is 8.88. The van der Waals surface area contributed by atoms with E-state index in [0.717, 1.165) is 11.1 Å². The summed E-state index contributed by atoms with van der Waals surface area (Å²) >= 11 is 0. The van der Waals surface area contributed by atoms with E-state index in [4.69, 9.17) is 14.2 Å². The van der Waals surface area contributed by atoms with E-state index in [9.17, 15) is 15.0 Å². The van der Waals surface area contributed by atoms with Crippen LogP contribution < -0.4 is 0 Å². The van der Waals surface area contributed by atoms with E-state index >= 15 is 0 Å². The Kier molecular flexibility index (Phi) is 6.23. The summed E-state index contributed by atoms with van der Waals surface area (Å²) in [5, 5.41) is 19.4. The topological polar surface area (TPSA) is 85.2 Å². The number of carbonyl (C=O) groups excluding carboxylic acids is 1. The van der Waals surface area contributed by atoms with Gasteiger partial charge in [0, 0.05) is 0 Å². The van der Waals surface area contributed by atoms with E-state index in [1.165, 1.54) is 0 Å². The first-order chi connectivity index (χ1) is 13.0. The van der Waals surface area contributed by atoms with Crippen molar-refractivity contribution in [2.24, 2.45) is 0 Å². The van der Waals surface area contributed by atoms with Crippen molar-refractivity contribution in [2.75, 3.05) is 6.61 Å². The number of rotatable bonds is 8. The minimum Gasteiger partial charge on any atom is -0.454 e. The van der Waals surface area contributed by atoms with Crippen LogP contribution in [0.4, 0.5) is 0 Å². The second kappa shape index (κ2) is 8.63. The van der Waals surface area contributed by atoms with Gasteiger partial charge in [-0.25, -0.2) is 4.79 Å². The third-order valence-electron chi connectivity index (χ3n) is 4.71. The summed E-state index contributed by atoms with van der Waals surface area (Å²) in [5.74, 6) is -0.617. The molecule has 2 aromatic rings. The van der Waals surface area contributed by atoms with Gasteiger partial charge in [0.2, 0.25) is 0 Å². The fourth-order valence-electron chi connectivity index (χ4n) is 3.08. The number of carbonyl (C=O) groups is 1. The largest absolute Gasteiger partial charge is 0.454 e. The maximum absolute atomic E-state index is 12.5. The van der Waals surface area contributed by atoms with Crippen molar-refractivity contribution in [3.63, 3.8) is 0 Å². The van der Waals surface area contributed by atoms with Gasteiger partial charge in [-0.05, 0) is 18.1 Å². The molecule has 6 heteroatoms. The van der Waals surface area contributed by atoms with Gasteiger partial charge in [-0.15, -0.1) is 0 Å². The van der Waals surface area contributed by atoms with Gasteiger partial charge in [0.15, 0.2) is 11.7 Å². The Hall–Kier alpha value is -2.25. The molecular weight excluding hydrogens is 348 g/mol. The van der Waals surface area contributed by atoms with E-state index in [1.807, 2.05) is 60.7 Å². The lowest BCUT2D eigenvalue weighted by molar-refractivity contribution is -0.167. The van der Waals surface area contributed by atoms with Crippen molar-refractivity contribution in [3.05, 3.63) is 71.8 Å². The molecule has 1 aliphatic rings. The van der Waals surface area contributed by atoms with Crippen LogP contribution in [0.2, 0.25) is 0 Å². The average Bonchev–Trinajstić information content (AvgIpc) is 2.96. The molecule has 0 amide bonds. The van der Waals surface area contributed by atoms with Crippen molar-refractivity contribution in [2.45, 2.75) is 44.1 Å². The van der Waals surface area contributed by atoms with Crippen LogP contribution in [-0.4, -0.2) is 46.7 Å². The second-order valence-electron chi connectivity index (χ2n) is 6.72. The van der Waals surface area contributed by atoms with Gasteiger partial charge in [0.25, 0.3) is 0 Å². The van der Waals surface area contributed by atoms with E-state index in [2.05, 4.69) is 0 Å². The number of esters is 1. The lowest BCUT2D eigenvalue weighted by Crippen LogP contribution is -2.50. The Morgan fingerprint density at radius 2 is 1.59 bits per heavy atom. The van der Waals surface area contributed by atoms with E-state index in [0.29, 0.717) is 0 Å². The van der Waals surface area contributed by atoms with Gasteiger partial charge in [0.05, 0.1) is 19.8 Å². The van der Waals surface area contributed by atoms with Gasteiger partial charge in [-0.2, -0.15) is 0 Å². The number of hydrogen-bond donors (Lipinski definition) is 2. The first-order valence-corrected chi connectivity index (χ1v) is 8.88. The maximum Gasteiger partial charge on any atom is 0.341 e. The standard InChI is InChI=1S/C21H24O6/c1-21(26-14-16-10-6-3-7-11-16)19(18(17(23)12-22)27-20(21)24)25-13-15-8-4-2-5-9-15/h2-11,17-19,22-23H,12-14H2,1H3. The summed E-state index contributed by atoms with van der Waals surface area (Å²) in [7, 11) is 0. The average molecular weight is 372 g/mol. The molecule has 2 aromatic carbocycles. The monoisotopic (exact) mass is 372 g/mol. The molecule has 4 atom stereocenters. The SMILES string of the molecule is CC1(OCc2ccccc2)C(=O)OC(C(O)CO)C1OCc1ccccc1. The number of aliphatic hydroxyl groups is 2. The summed E-state index contributed by atoms with van der Waals surface area (Å²) in [5.41, 5.74) is 0.421. The third kappa shape index (κ3) is 4.36. The second-order valence-corrected chi connectivity index (χ2v) is 6.72. The number of cyclic esters (lactones) is 1. The Morgan fingerprint density at radius 1 is 1.04 bits per heavy atom. The maximum atomic E-state index is 12.5. The van der Waals surface area contributed by atoms with Crippen molar-refractivity contribution in [1.29, 1.82) is 0 Å². The normalized spacial score (nSPS) is 26.0. The zero-order valence-corrected chi connectivity index (χ0v) is 15.2. The van der Waals surface area contributed by atoms with Crippen LogP contribution in [-0.2, 0) is 32.2 Å². The van der Waals surface area contributed by atoms with Crippen LogP contribution in [0.15, 0.2) is 60.7 Å². The summed E-state index contributed by atoms with van der Waals surface area (Å²) in [6.07, 6.45) is -3.13. The molecule has 6 nitrogen and oxygen atoms in total. The van der Waals surface area contributed by atoms with Crippen LogP contribution >= 0.6 is 0 Å². The highest BCUT2D eigenvalue weighted by Gasteiger charge is 2.58. The molecule has 0 aromatic heterocycles. The highest BCUT2D eigenvalue weighted by atomic mass is 16.6. The minimum atomic E-state index is -1.40. The Balaban J connectivity index is 1.78. The lowest BCUT2D eigenvalue weighted by atomic mass is 9.94. The van der Waals surface area contributed by atoms with Gasteiger partial charge >= 0.3 is 5.97 Å². The molecule has 0 radical (unpaired) electrons. The van der Waals surface area contributed by atoms with Crippen LogP contribution in [0.5, 0.6) is 0 Å². The predicted molar refractivity (Wildman–Crippen MR) is 97.6 cm³/mol. The fourth-order valence-corrected chi connectivity index (χ4v) is 3.08. The van der Waals surface area contributed by atoms with Crippen LogP contribution in [0.3, 0.4) is 0 Å². The van der Waals surface area contributed by atoms with Crippen molar-refractivity contribution in [3.8, 4) is 0 Å². The summed E-state index contributed by atoms with van der Waals surface area (Å²) < 4.78 is 17.2. The van der Waals surface area contributed by atoms with Crippen LogP contribution in [0.1, 0.15) is 18.1 Å². The fraction of sp³-hybridized carbons (Fsp3) is 0.381. The first kappa shape index (κ1) is 19.5. The molecule has 1 aliphatic heterocycles. The highest BCUT2D eigenvalue weighted by molar-refractivity contribution is 5.82. The number of ether oxygens (including phenoxy) is 3. The summed E-state index contributed by atoms with van der Waals surface area (Å²) in [6.45, 7) is 1.47. The molecule has 1 fully saturated rings. The van der Waals surface area contributed by atoms with Gasteiger partial charge in [-0.3, -0.25) is 0 Å². The van der Waals surface area contributed by atoms with Crippen molar-refractivity contribution in [1.82, 2.24) is 0 Å². The molecule has 144 valence electrons. The molecule has 27 heavy (non-hydrogen) atoms. The predicted octanol–water partition coefficient (Wildman–Crippen LogP) is 1.83. The third-order valence-corrected chi connectivity index (χ3v) is 4.71. The highest BCUT2D eigenvalue weighted by Crippen LogP contribution is 2.35. The van der Waals surface area contributed by atoms with Crippen LogP contribution in [0, 0.1) is 0 Å². The van der Waals surface area contributed by atoms with Gasteiger partial charge in [-0.1, -0.05) is 60.7 Å². The number of hydrogen-bond acceptors (Lipinski definition) is 6. The smallest absolute Gasteiger partial charge is 0.341 e. The van der Waals surface area contributed by atoms with E-state index < -0.39 is 36.5 Å². The molecule has 0 aliphatic carbocycles. The number of benzene rings is 2. The van der Waals surface area contributed by atoms with Crippen molar-refractivity contribution < 1.29 is 29.2 Å². The zero-order valence-electron chi connectivity index (χ0n) is 15.2. The Bertz CT molecular complexity index is 735. The molecule has 0 bridgehead atoms. The molecule has 0 saturated carbocycles. The lowest BCUT2D eigenvalue weighted by Gasteiger charge is -2.30. The molecule has 1 saturated heterocycles. The van der Waals surface area contributed by atoms with E-state index in [-0.39, 0.29) is 13.2 Å². The quantitative estimate of drug-likeness (QED) is 0.688. The molecule has 0 spiro atoms. The molecular formula is C21H24O6. The molecule has 4 unspecified atom stereocenters. The van der Waals surface area contributed by atoms with Crippen molar-refractivity contribution >= 4 is 5.97 Å². The molecule has 2 N–H and O–H groups in total. The Labute approximate surface area is 158 Å². The Morgan fingerprint density at radius 3 is 2.15 bits per heavy atom. The van der Waals surface area contributed by atoms with Gasteiger partial charge in [0.1, 0.15) is 12.2 Å². The molecule has 3 rings (SSSR count). The summed E-state index contributed by atoms with van der Waals surface area (Å²) in [4.78, 5) is 12.5. The van der Waals surface area contributed by atoms with Gasteiger partial charge < -0.3 is 24.4 Å². The minimum absolute atomic E-state index is 0.194.